The topological polar surface area (TPSA) is 75.1 Å². The van der Waals surface area contributed by atoms with Gasteiger partial charge in [-0.15, -0.1) is 0 Å². The van der Waals surface area contributed by atoms with Crippen molar-refractivity contribution in [3.63, 3.8) is 0 Å². The lowest BCUT2D eigenvalue weighted by molar-refractivity contribution is -0.137. The number of nitrogens with zero attached hydrogens (tertiary/aromatic N) is 1. The Kier molecular flexibility index (Phi) is 2.07. The van der Waals surface area contributed by atoms with E-state index in [1.54, 1.807) is 6.07 Å². The van der Waals surface area contributed by atoms with Gasteiger partial charge in [0.05, 0.1) is 11.0 Å². The summed E-state index contributed by atoms with van der Waals surface area (Å²) in [7, 11) is 0. The number of aromatic nitrogens is 2. The Balaban J connectivity index is 2.68. The standard InChI is InChI=1S/C10H10N2O3/c1-6-2-3-8-7(4-6)11-10(15)12(8)5-9(13)14/h2-4H,5H2,1H3,(H,11,15)(H,13,14). The van der Waals surface area contributed by atoms with Gasteiger partial charge in [0.1, 0.15) is 6.54 Å². The Bertz CT molecular complexity index is 580. The van der Waals surface area contributed by atoms with Gasteiger partial charge in [-0.1, -0.05) is 6.07 Å². The van der Waals surface area contributed by atoms with Crippen molar-refractivity contribution in [3.05, 3.63) is 34.2 Å². The van der Waals surface area contributed by atoms with Crippen LogP contribution >= 0.6 is 0 Å². The van der Waals surface area contributed by atoms with Crippen molar-refractivity contribution in [2.75, 3.05) is 0 Å². The van der Waals surface area contributed by atoms with E-state index in [4.69, 9.17) is 5.11 Å². The fraction of sp³-hybridized carbons (Fsp3) is 0.200. The second kappa shape index (κ2) is 3.27. The fourth-order valence-electron chi connectivity index (χ4n) is 1.57. The molecule has 0 spiro atoms. The summed E-state index contributed by atoms with van der Waals surface area (Å²) in [6.45, 7) is 1.59. The van der Waals surface area contributed by atoms with Crippen LogP contribution in [0.2, 0.25) is 0 Å². The number of imidazole rings is 1. The first-order valence-electron chi connectivity index (χ1n) is 4.49. The predicted octanol–water partition coefficient (Wildman–Crippen LogP) is 0.723. The third-order valence-corrected chi connectivity index (χ3v) is 2.22. The molecule has 78 valence electrons. The van der Waals surface area contributed by atoms with E-state index in [9.17, 15) is 9.59 Å². The van der Waals surface area contributed by atoms with Gasteiger partial charge in [0.2, 0.25) is 0 Å². The van der Waals surface area contributed by atoms with Crippen LogP contribution in [-0.4, -0.2) is 20.6 Å². The number of rotatable bonds is 2. The number of benzene rings is 1. The molecule has 0 fully saturated rings. The molecule has 5 nitrogen and oxygen atoms in total. The molecule has 2 N–H and O–H groups in total. The molecule has 0 unspecified atom stereocenters. The van der Waals surface area contributed by atoms with Crippen LogP contribution in [0.15, 0.2) is 23.0 Å². The molecule has 0 aliphatic carbocycles. The Morgan fingerprint density at radius 2 is 2.27 bits per heavy atom. The van der Waals surface area contributed by atoms with Gasteiger partial charge >= 0.3 is 11.7 Å². The van der Waals surface area contributed by atoms with Crippen LogP contribution in [0, 0.1) is 6.92 Å². The lowest BCUT2D eigenvalue weighted by Crippen LogP contribution is -2.21. The summed E-state index contributed by atoms with van der Waals surface area (Å²) in [5.74, 6) is -1.03. The molecule has 0 aliphatic heterocycles. The lowest BCUT2D eigenvalue weighted by atomic mass is 10.2. The third kappa shape index (κ3) is 1.63. The van der Waals surface area contributed by atoms with Crippen LogP contribution in [0.1, 0.15) is 5.56 Å². The Hall–Kier alpha value is -2.04. The van der Waals surface area contributed by atoms with Gasteiger partial charge in [0, 0.05) is 0 Å². The quantitative estimate of drug-likeness (QED) is 0.760. The van der Waals surface area contributed by atoms with Crippen LogP contribution in [-0.2, 0) is 11.3 Å². The molecule has 0 bridgehead atoms. The second-order valence-electron chi connectivity index (χ2n) is 3.43. The van der Waals surface area contributed by atoms with E-state index in [0.29, 0.717) is 11.0 Å². The highest BCUT2D eigenvalue weighted by atomic mass is 16.4. The molecular weight excluding hydrogens is 196 g/mol. The Morgan fingerprint density at radius 1 is 1.53 bits per heavy atom. The number of hydrogen-bond donors (Lipinski definition) is 2. The largest absolute Gasteiger partial charge is 0.480 e. The summed E-state index contributed by atoms with van der Waals surface area (Å²) in [6.07, 6.45) is 0. The zero-order valence-electron chi connectivity index (χ0n) is 8.15. The van der Waals surface area contributed by atoms with E-state index in [2.05, 4.69) is 4.98 Å². The van der Waals surface area contributed by atoms with Gasteiger partial charge in [-0.3, -0.25) is 9.36 Å². The summed E-state index contributed by atoms with van der Waals surface area (Å²) in [6, 6.07) is 5.40. The summed E-state index contributed by atoms with van der Waals surface area (Å²) in [4.78, 5) is 24.6. The number of carboxylic acids is 1. The molecule has 1 aromatic carbocycles. The molecule has 0 aliphatic rings. The number of fused-ring (bicyclic) bond motifs is 1. The number of hydrogen-bond acceptors (Lipinski definition) is 2. The third-order valence-electron chi connectivity index (χ3n) is 2.22. The first-order valence-corrected chi connectivity index (χ1v) is 4.49. The van der Waals surface area contributed by atoms with E-state index in [1.807, 2.05) is 19.1 Å². The van der Waals surface area contributed by atoms with Crippen LogP contribution in [0.3, 0.4) is 0 Å². The minimum absolute atomic E-state index is 0.318. The van der Waals surface area contributed by atoms with Gasteiger partial charge in [-0.05, 0) is 24.6 Å². The summed E-state index contributed by atoms with van der Waals surface area (Å²) in [5.41, 5.74) is 1.92. The molecule has 1 heterocycles. The van der Waals surface area contributed by atoms with E-state index in [-0.39, 0.29) is 6.54 Å². The smallest absolute Gasteiger partial charge is 0.327 e. The van der Waals surface area contributed by atoms with Crippen LogP contribution < -0.4 is 5.69 Å². The van der Waals surface area contributed by atoms with Gasteiger partial charge in [0.25, 0.3) is 0 Å². The highest BCUT2D eigenvalue weighted by Crippen LogP contribution is 2.11. The van der Waals surface area contributed by atoms with Crippen LogP contribution in [0.4, 0.5) is 0 Å². The molecule has 2 rings (SSSR count). The average Bonchev–Trinajstić information content (AvgIpc) is 2.41. The van der Waals surface area contributed by atoms with Crippen molar-refractivity contribution in [2.45, 2.75) is 13.5 Å². The molecule has 15 heavy (non-hydrogen) atoms. The molecule has 0 atom stereocenters. The average molecular weight is 206 g/mol. The van der Waals surface area contributed by atoms with Crippen molar-refractivity contribution in [1.82, 2.24) is 9.55 Å². The summed E-state index contributed by atoms with van der Waals surface area (Å²) >= 11 is 0. The fourth-order valence-corrected chi connectivity index (χ4v) is 1.57. The Morgan fingerprint density at radius 3 is 2.93 bits per heavy atom. The molecular formula is C10H10N2O3. The lowest BCUT2D eigenvalue weighted by Gasteiger charge is -1.98. The number of carboxylic acid groups (broad SMARTS) is 1. The molecule has 0 saturated heterocycles. The van der Waals surface area contributed by atoms with Gasteiger partial charge < -0.3 is 10.1 Å². The number of aromatic amines is 1. The van der Waals surface area contributed by atoms with Crippen molar-refractivity contribution in [3.8, 4) is 0 Å². The number of nitrogens with one attached hydrogen (secondary N) is 1. The zero-order valence-corrected chi connectivity index (χ0v) is 8.15. The van der Waals surface area contributed by atoms with Gasteiger partial charge in [-0.25, -0.2) is 4.79 Å². The van der Waals surface area contributed by atoms with E-state index < -0.39 is 11.7 Å². The highest BCUT2D eigenvalue weighted by molar-refractivity contribution is 5.78. The van der Waals surface area contributed by atoms with E-state index in [0.717, 1.165) is 5.56 Å². The van der Waals surface area contributed by atoms with Gasteiger partial charge in [-0.2, -0.15) is 0 Å². The maximum atomic E-state index is 11.4. The number of carbonyl (C=O) groups is 1. The maximum absolute atomic E-state index is 11.4. The molecule has 0 saturated carbocycles. The molecule has 5 heteroatoms. The number of aliphatic carboxylic acids is 1. The number of aryl methyl sites for hydroxylation is 1. The second-order valence-corrected chi connectivity index (χ2v) is 3.43. The predicted molar refractivity (Wildman–Crippen MR) is 54.9 cm³/mol. The molecule has 0 radical (unpaired) electrons. The van der Waals surface area contributed by atoms with Crippen molar-refractivity contribution < 1.29 is 9.90 Å². The minimum Gasteiger partial charge on any atom is -0.480 e. The normalized spacial score (nSPS) is 10.7. The first-order chi connectivity index (χ1) is 7.08. The van der Waals surface area contributed by atoms with E-state index >= 15 is 0 Å². The highest BCUT2D eigenvalue weighted by Gasteiger charge is 2.08. The summed E-state index contributed by atoms with van der Waals surface area (Å²) in [5, 5.41) is 8.65. The summed E-state index contributed by atoms with van der Waals surface area (Å²) < 4.78 is 1.21. The monoisotopic (exact) mass is 206 g/mol. The molecule has 0 amide bonds. The SMILES string of the molecule is Cc1ccc2c(c1)[nH]c(=O)n2CC(=O)O. The molecule has 2 aromatic rings. The number of H-pyrrole nitrogens is 1. The van der Waals surface area contributed by atoms with Crippen LogP contribution in [0.25, 0.3) is 11.0 Å². The van der Waals surface area contributed by atoms with Crippen molar-refractivity contribution in [2.24, 2.45) is 0 Å². The van der Waals surface area contributed by atoms with Crippen molar-refractivity contribution in [1.29, 1.82) is 0 Å². The van der Waals surface area contributed by atoms with Crippen LogP contribution in [0.5, 0.6) is 0 Å². The first kappa shape index (κ1) is 9.51. The molecule has 1 aromatic heterocycles. The van der Waals surface area contributed by atoms with E-state index in [1.165, 1.54) is 4.57 Å². The van der Waals surface area contributed by atoms with Gasteiger partial charge in [0.15, 0.2) is 0 Å². The zero-order chi connectivity index (χ0) is 11.0. The Labute approximate surface area is 85.0 Å². The maximum Gasteiger partial charge on any atom is 0.327 e. The van der Waals surface area contributed by atoms with Crippen molar-refractivity contribution >= 4 is 17.0 Å². The minimum atomic E-state index is -1.03.